The first-order valence-electron chi connectivity index (χ1n) is 10.5. The van der Waals surface area contributed by atoms with E-state index in [0.717, 1.165) is 5.56 Å². The van der Waals surface area contributed by atoms with Crippen LogP contribution in [0.3, 0.4) is 0 Å². The van der Waals surface area contributed by atoms with Gasteiger partial charge in [0.05, 0.1) is 12.3 Å². The second-order valence-corrected chi connectivity index (χ2v) is 7.59. The average Bonchev–Trinajstić information content (AvgIpc) is 2.83. The lowest BCUT2D eigenvalue weighted by atomic mass is 10.1. The first kappa shape index (κ1) is 22.2. The Balaban J connectivity index is 1.61. The Kier molecular flexibility index (Phi) is 6.80. The van der Waals surface area contributed by atoms with Crippen molar-refractivity contribution in [2.45, 2.75) is 13.5 Å². The molecule has 3 aromatic carbocycles. The largest absolute Gasteiger partial charge is 0.490 e. The number of anilines is 1. The van der Waals surface area contributed by atoms with Crippen LogP contribution < -0.4 is 19.7 Å². The van der Waals surface area contributed by atoms with Crippen molar-refractivity contribution in [3.8, 4) is 11.5 Å². The Morgan fingerprint density at radius 1 is 0.909 bits per heavy atom. The van der Waals surface area contributed by atoms with E-state index in [-0.39, 0.29) is 10.7 Å². The molecule has 33 heavy (non-hydrogen) atoms. The van der Waals surface area contributed by atoms with E-state index in [2.05, 4.69) is 5.32 Å². The fourth-order valence-electron chi connectivity index (χ4n) is 3.37. The number of nitrogens with zero attached hydrogens (tertiary/aromatic N) is 1. The summed E-state index contributed by atoms with van der Waals surface area (Å²) in [6.45, 7) is 2.71. The van der Waals surface area contributed by atoms with Crippen LogP contribution in [0.15, 0.2) is 84.4 Å². The van der Waals surface area contributed by atoms with Crippen LogP contribution in [0.1, 0.15) is 18.1 Å². The minimum Gasteiger partial charge on any atom is -0.490 e. The Hall–Kier alpha value is -3.97. The van der Waals surface area contributed by atoms with Gasteiger partial charge in [0.2, 0.25) is 0 Å². The molecule has 4 rings (SSSR count). The molecule has 0 spiro atoms. The number of carbonyl (C=O) groups is 2. The smallest absolute Gasteiger partial charge is 0.270 e. The van der Waals surface area contributed by atoms with Crippen LogP contribution in [0.2, 0.25) is 0 Å². The highest BCUT2D eigenvalue weighted by atomic mass is 32.1. The molecular formula is C26H22N2O4S. The molecule has 1 heterocycles. The molecule has 1 saturated heterocycles. The molecule has 2 amide bonds. The zero-order chi connectivity index (χ0) is 23.2. The van der Waals surface area contributed by atoms with E-state index in [0.29, 0.717) is 36.0 Å². The standard InChI is InChI=1S/C26H22N2O4S/c1-2-31-23-16-19(13-14-22(23)32-17-18-9-5-3-6-10-18)15-21-24(29)27-26(33)28(25(21)30)20-11-7-4-8-12-20/h3-16H,2,17H2,1H3,(H,27,29,33)/b21-15-. The molecule has 1 fully saturated rings. The van der Waals surface area contributed by atoms with Crippen molar-refractivity contribution in [2.75, 3.05) is 11.5 Å². The summed E-state index contributed by atoms with van der Waals surface area (Å²) in [5.74, 6) is 0.0770. The summed E-state index contributed by atoms with van der Waals surface area (Å²) in [6.07, 6.45) is 1.53. The zero-order valence-corrected chi connectivity index (χ0v) is 18.8. The Morgan fingerprint density at radius 3 is 2.30 bits per heavy atom. The predicted molar refractivity (Wildman–Crippen MR) is 131 cm³/mol. The summed E-state index contributed by atoms with van der Waals surface area (Å²) in [4.78, 5) is 27.0. The van der Waals surface area contributed by atoms with Crippen LogP contribution in [0.25, 0.3) is 6.08 Å². The van der Waals surface area contributed by atoms with Crippen molar-refractivity contribution >= 4 is 40.9 Å². The van der Waals surface area contributed by atoms with Gasteiger partial charge in [-0.1, -0.05) is 54.6 Å². The Labute approximate surface area is 197 Å². The van der Waals surface area contributed by atoms with Crippen LogP contribution in [0, 0.1) is 0 Å². The Morgan fingerprint density at radius 2 is 1.61 bits per heavy atom. The molecule has 0 aromatic heterocycles. The third kappa shape index (κ3) is 5.10. The van der Waals surface area contributed by atoms with E-state index >= 15 is 0 Å². The van der Waals surface area contributed by atoms with Crippen molar-refractivity contribution in [1.82, 2.24) is 5.32 Å². The maximum Gasteiger partial charge on any atom is 0.270 e. The average molecular weight is 459 g/mol. The molecule has 0 unspecified atom stereocenters. The third-order valence-corrected chi connectivity index (χ3v) is 5.22. The molecule has 0 atom stereocenters. The van der Waals surface area contributed by atoms with Gasteiger partial charge in [0.25, 0.3) is 11.8 Å². The molecule has 7 heteroatoms. The van der Waals surface area contributed by atoms with E-state index in [4.69, 9.17) is 21.7 Å². The van der Waals surface area contributed by atoms with Crippen molar-refractivity contribution in [2.24, 2.45) is 0 Å². The summed E-state index contributed by atoms with van der Waals surface area (Å²) in [6, 6.07) is 24.1. The predicted octanol–water partition coefficient (Wildman–Crippen LogP) is 4.50. The molecule has 1 N–H and O–H groups in total. The lowest BCUT2D eigenvalue weighted by molar-refractivity contribution is -0.122. The highest BCUT2D eigenvalue weighted by Crippen LogP contribution is 2.31. The number of benzene rings is 3. The number of thiocarbonyl (C=S) groups is 1. The highest BCUT2D eigenvalue weighted by Gasteiger charge is 2.34. The van der Waals surface area contributed by atoms with Crippen molar-refractivity contribution in [1.29, 1.82) is 0 Å². The van der Waals surface area contributed by atoms with Gasteiger partial charge in [0, 0.05) is 0 Å². The molecular weight excluding hydrogens is 436 g/mol. The summed E-state index contributed by atoms with van der Waals surface area (Å²) >= 11 is 5.23. The first-order chi connectivity index (χ1) is 16.1. The topological polar surface area (TPSA) is 67.9 Å². The third-order valence-electron chi connectivity index (χ3n) is 4.93. The van der Waals surface area contributed by atoms with Gasteiger partial charge in [-0.25, -0.2) is 0 Å². The minimum atomic E-state index is -0.542. The van der Waals surface area contributed by atoms with Crippen LogP contribution in [0.4, 0.5) is 5.69 Å². The van der Waals surface area contributed by atoms with Gasteiger partial charge < -0.3 is 9.47 Å². The molecule has 1 aliphatic heterocycles. The number of ether oxygens (including phenoxy) is 2. The van der Waals surface area contributed by atoms with Gasteiger partial charge in [-0.2, -0.15) is 0 Å². The van der Waals surface area contributed by atoms with Crippen LogP contribution in [0.5, 0.6) is 11.5 Å². The van der Waals surface area contributed by atoms with Gasteiger partial charge in [0.1, 0.15) is 12.2 Å². The van der Waals surface area contributed by atoms with Crippen LogP contribution in [-0.4, -0.2) is 23.5 Å². The number of para-hydroxylation sites is 1. The quantitative estimate of drug-likeness (QED) is 0.321. The van der Waals surface area contributed by atoms with E-state index < -0.39 is 11.8 Å². The number of hydrogen-bond donors (Lipinski definition) is 1. The molecule has 6 nitrogen and oxygen atoms in total. The normalized spacial score (nSPS) is 14.9. The van der Waals surface area contributed by atoms with Gasteiger partial charge in [-0.05, 0) is 60.6 Å². The summed E-state index contributed by atoms with van der Waals surface area (Å²) in [5.41, 5.74) is 2.23. The summed E-state index contributed by atoms with van der Waals surface area (Å²) in [5, 5.41) is 2.64. The molecule has 0 bridgehead atoms. The lowest BCUT2D eigenvalue weighted by Gasteiger charge is -2.28. The maximum absolute atomic E-state index is 13.1. The maximum atomic E-state index is 13.1. The highest BCUT2D eigenvalue weighted by molar-refractivity contribution is 7.80. The fraction of sp³-hybridized carbons (Fsp3) is 0.115. The second-order valence-electron chi connectivity index (χ2n) is 7.21. The van der Waals surface area contributed by atoms with E-state index in [9.17, 15) is 9.59 Å². The van der Waals surface area contributed by atoms with Crippen molar-refractivity contribution in [3.05, 3.63) is 95.6 Å². The number of nitrogens with one attached hydrogen (secondary N) is 1. The number of rotatable bonds is 7. The van der Waals surface area contributed by atoms with Gasteiger partial charge in [-0.15, -0.1) is 0 Å². The summed E-state index contributed by atoms with van der Waals surface area (Å²) in [7, 11) is 0. The fourth-order valence-corrected chi connectivity index (χ4v) is 3.65. The van der Waals surface area contributed by atoms with E-state index in [1.165, 1.54) is 11.0 Å². The summed E-state index contributed by atoms with van der Waals surface area (Å²) < 4.78 is 11.7. The number of amides is 2. The Bertz CT molecular complexity index is 1210. The number of carbonyl (C=O) groups excluding carboxylic acids is 2. The lowest BCUT2D eigenvalue weighted by Crippen LogP contribution is -2.54. The molecule has 3 aromatic rings. The van der Waals surface area contributed by atoms with Crippen molar-refractivity contribution < 1.29 is 19.1 Å². The minimum absolute atomic E-state index is 0.0205. The van der Waals surface area contributed by atoms with Crippen LogP contribution >= 0.6 is 12.2 Å². The molecule has 0 saturated carbocycles. The van der Waals surface area contributed by atoms with E-state index in [1.807, 2.05) is 43.3 Å². The zero-order valence-electron chi connectivity index (χ0n) is 18.0. The molecule has 0 aliphatic carbocycles. The molecule has 166 valence electrons. The second kappa shape index (κ2) is 10.1. The van der Waals surface area contributed by atoms with Gasteiger partial charge in [-0.3, -0.25) is 19.8 Å². The van der Waals surface area contributed by atoms with Crippen LogP contribution in [-0.2, 0) is 16.2 Å². The number of hydrogen-bond acceptors (Lipinski definition) is 5. The molecule has 0 radical (unpaired) electrons. The van der Waals surface area contributed by atoms with Gasteiger partial charge >= 0.3 is 0 Å². The molecule has 1 aliphatic rings. The van der Waals surface area contributed by atoms with Gasteiger partial charge in [0.15, 0.2) is 16.6 Å². The first-order valence-corrected chi connectivity index (χ1v) is 10.9. The SMILES string of the molecule is CCOc1cc(/C=C2/C(=O)NC(=S)N(c3ccccc3)C2=O)ccc1OCc1ccccc1. The van der Waals surface area contributed by atoms with E-state index in [1.54, 1.807) is 42.5 Å². The van der Waals surface area contributed by atoms with Crippen molar-refractivity contribution in [3.63, 3.8) is 0 Å². The monoisotopic (exact) mass is 458 g/mol.